The summed E-state index contributed by atoms with van der Waals surface area (Å²) in [6.07, 6.45) is 0. The molecule has 0 aromatic heterocycles. The average molecular weight is 359 g/mol. The number of amides is 2. The first kappa shape index (κ1) is 18.2. The van der Waals surface area contributed by atoms with Gasteiger partial charge in [-0.15, -0.1) is 0 Å². The first-order valence-electron chi connectivity index (χ1n) is 8.59. The van der Waals surface area contributed by atoms with Gasteiger partial charge in [0.1, 0.15) is 0 Å². The van der Waals surface area contributed by atoms with Gasteiger partial charge in [-0.05, 0) is 42.5 Å². The molecule has 0 aliphatic heterocycles. The van der Waals surface area contributed by atoms with Crippen molar-refractivity contribution in [1.29, 1.82) is 0 Å². The smallest absolute Gasteiger partial charge is 0.257 e. The molecule has 0 radical (unpaired) electrons. The zero-order valence-electron chi connectivity index (χ0n) is 15.3. The number of hydrogen-bond donors (Lipinski definition) is 2. The number of rotatable bonds is 5. The zero-order chi connectivity index (χ0) is 19.2. The number of benzene rings is 3. The van der Waals surface area contributed by atoms with Crippen molar-refractivity contribution in [3.05, 3.63) is 90.0 Å². The van der Waals surface area contributed by atoms with Crippen molar-refractivity contribution in [2.75, 3.05) is 24.7 Å². The Kier molecular flexibility index (Phi) is 5.52. The minimum Gasteiger partial charge on any atom is -0.355 e. The number of hydrogen-bond acceptors (Lipinski definition) is 3. The van der Waals surface area contributed by atoms with E-state index in [2.05, 4.69) is 10.6 Å². The number of carbonyl (C=O) groups excluding carboxylic acids is 2. The molecule has 0 aliphatic carbocycles. The number of para-hydroxylation sites is 2. The summed E-state index contributed by atoms with van der Waals surface area (Å²) in [4.78, 5) is 26.4. The summed E-state index contributed by atoms with van der Waals surface area (Å²) in [5.74, 6) is -0.360. The Bertz CT molecular complexity index is 953. The number of anilines is 3. The minimum absolute atomic E-state index is 0.114. The topological polar surface area (TPSA) is 61.4 Å². The Morgan fingerprint density at radius 2 is 1.44 bits per heavy atom. The Labute approximate surface area is 158 Å². The van der Waals surface area contributed by atoms with E-state index in [1.165, 1.54) is 4.90 Å². The predicted molar refractivity (Wildman–Crippen MR) is 109 cm³/mol. The quantitative estimate of drug-likeness (QED) is 0.710. The third-order valence-corrected chi connectivity index (χ3v) is 4.00. The third kappa shape index (κ3) is 4.52. The fraction of sp³-hybridized carbons (Fsp3) is 0.0909. The van der Waals surface area contributed by atoms with Gasteiger partial charge in [-0.3, -0.25) is 9.59 Å². The second kappa shape index (κ2) is 8.19. The molecule has 0 unspecified atom stereocenters. The van der Waals surface area contributed by atoms with Crippen LogP contribution in [0.3, 0.4) is 0 Å². The molecule has 0 spiro atoms. The van der Waals surface area contributed by atoms with Crippen molar-refractivity contribution in [2.24, 2.45) is 0 Å². The first-order chi connectivity index (χ1) is 13.0. The summed E-state index contributed by atoms with van der Waals surface area (Å²) in [6.45, 7) is 0. The van der Waals surface area contributed by atoms with Crippen LogP contribution in [0, 0.1) is 0 Å². The molecule has 3 rings (SSSR count). The summed E-state index contributed by atoms with van der Waals surface area (Å²) in [6, 6.07) is 23.9. The lowest BCUT2D eigenvalue weighted by Crippen LogP contribution is -2.22. The SMILES string of the molecule is CN(C)C(=O)c1cccc(NC(=O)c2ccccc2Nc2ccccc2)c1. The molecule has 2 N–H and O–H groups in total. The molecule has 3 aromatic rings. The summed E-state index contributed by atoms with van der Waals surface area (Å²) in [5, 5.41) is 6.13. The van der Waals surface area contributed by atoms with Crippen molar-refractivity contribution < 1.29 is 9.59 Å². The van der Waals surface area contributed by atoms with E-state index in [1.54, 1.807) is 44.4 Å². The molecule has 0 bridgehead atoms. The van der Waals surface area contributed by atoms with Crippen LogP contribution >= 0.6 is 0 Å². The van der Waals surface area contributed by atoms with Gasteiger partial charge in [0.25, 0.3) is 11.8 Å². The Balaban J connectivity index is 1.81. The largest absolute Gasteiger partial charge is 0.355 e. The molecule has 5 nitrogen and oxygen atoms in total. The van der Waals surface area contributed by atoms with Crippen molar-refractivity contribution in [3.63, 3.8) is 0 Å². The summed E-state index contributed by atoms with van der Waals surface area (Å²) in [7, 11) is 3.39. The van der Waals surface area contributed by atoms with E-state index in [0.29, 0.717) is 22.5 Å². The van der Waals surface area contributed by atoms with Gasteiger partial charge >= 0.3 is 0 Å². The minimum atomic E-state index is -0.247. The molecule has 0 fully saturated rings. The average Bonchev–Trinajstić information content (AvgIpc) is 2.68. The van der Waals surface area contributed by atoms with E-state index in [0.717, 1.165) is 5.69 Å². The van der Waals surface area contributed by atoms with Gasteiger partial charge in [0, 0.05) is 31.0 Å². The number of carbonyl (C=O) groups is 2. The maximum Gasteiger partial charge on any atom is 0.257 e. The number of nitrogens with one attached hydrogen (secondary N) is 2. The second-order valence-electron chi connectivity index (χ2n) is 6.27. The van der Waals surface area contributed by atoms with Gasteiger partial charge < -0.3 is 15.5 Å². The monoisotopic (exact) mass is 359 g/mol. The Morgan fingerprint density at radius 1 is 0.778 bits per heavy atom. The molecule has 3 aromatic carbocycles. The fourth-order valence-electron chi connectivity index (χ4n) is 2.65. The van der Waals surface area contributed by atoms with E-state index in [4.69, 9.17) is 0 Å². The lowest BCUT2D eigenvalue weighted by molar-refractivity contribution is 0.0827. The van der Waals surface area contributed by atoms with Crippen molar-refractivity contribution in [1.82, 2.24) is 4.90 Å². The summed E-state index contributed by atoms with van der Waals surface area (Å²) >= 11 is 0. The van der Waals surface area contributed by atoms with Crippen LogP contribution in [0.5, 0.6) is 0 Å². The highest BCUT2D eigenvalue weighted by molar-refractivity contribution is 6.09. The highest BCUT2D eigenvalue weighted by Gasteiger charge is 2.13. The lowest BCUT2D eigenvalue weighted by Gasteiger charge is -2.14. The Morgan fingerprint density at radius 3 is 2.19 bits per heavy atom. The van der Waals surface area contributed by atoms with E-state index < -0.39 is 0 Å². The number of nitrogens with zero attached hydrogens (tertiary/aromatic N) is 1. The normalized spacial score (nSPS) is 10.1. The van der Waals surface area contributed by atoms with Gasteiger partial charge in [0.05, 0.1) is 11.3 Å². The van der Waals surface area contributed by atoms with Crippen molar-refractivity contribution >= 4 is 28.9 Å². The third-order valence-electron chi connectivity index (χ3n) is 4.00. The van der Waals surface area contributed by atoms with Crippen LogP contribution in [0.15, 0.2) is 78.9 Å². The molecule has 5 heteroatoms. The van der Waals surface area contributed by atoms with Gasteiger partial charge in [0.15, 0.2) is 0 Å². The van der Waals surface area contributed by atoms with Gasteiger partial charge in [-0.25, -0.2) is 0 Å². The van der Waals surface area contributed by atoms with Crippen LogP contribution in [-0.2, 0) is 0 Å². The van der Waals surface area contributed by atoms with Crippen LogP contribution in [0.2, 0.25) is 0 Å². The zero-order valence-corrected chi connectivity index (χ0v) is 15.3. The maximum absolute atomic E-state index is 12.8. The second-order valence-corrected chi connectivity index (χ2v) is 6.27. The van der Waals surface area contributed by atoms with Crippen LogP contribution in [0.4, 0.5) is 17.1 Å². The standard InChI is InChI=1S/C22H21N3O2/c1-25(2)22(27)16-9-8-12-18(15-16)24-21(26)19-13-6-7-14-20(19)23-17-10-4-3-5-11-17/h3-15,23H,1-2H3,(H,24,26). The van der Waals surface area contributed by atoms with E-state index in [-0.39, 0.29) is 11.8 Å². The molecule has 0 aliphatic rings. The Hall–Kier alpha value is -3.60. The van der Waals surface area contributed by atoms with E-state index in [1.807, 2.05) is 48.5 Å². The van der Waals surface area contributed by atoms with Crippen LogP contribution in [0.1, 0.15) is 20.7 Å². The summed E-state index contributed by atoms with van der Waals surface area (Å²) in [5.41, 5.74) is 3.22. The molecular formula is C22H21N3O2. The van der Waals surface area contributed by atoms with E-state index in [9.17, 15) is 9.59 Å². The van der Waals surface area contributed by atoms with Crippen molar-refractivity contribution in [3.8, 4) is 0 Å². The summed E-state index contributed by atoms with van der Waals surface area (Å²) < 4.78 is 0. The molecule has 0 heterocycles. The molecule has 0 saturated heterocycles. The molecule has 136 valence electrons. The van der Waals surface area contributed by atoms with Gasteiger partial charge in [-0.2, -0.15) is 0 Å². The highest BCUT2D eigenvalue weighted by atomic mass is 16.2. The highest BCUT2D eigenvalue weighted by Crippen LogP contribution is 2.22. The van der Waals surface area contributed by atoms with Crippen molar-refractivity contribution in [2.45, 2.75) is 0 Å². The molecule has 0 atom stereocenters. The van der Waals surface area contributed by atoms with Crippen LogP contribution in [-0.4, -0.2) is 30.8 Å². The van der Waals surface area contributed by atoms with Crippen LogP contribution < -0.4 is 10.6 Å². The van der Waals surface area contributed by atoms with Crippen LogP contribution in [0.25, 0.3) is 0 Å². The maximum atomic E-state index is 12.8. The molecular weight excluding hydrogens is 338 g/mol. The predicted octanol–water partition coefficient (Wildman–Crippen LogP) is 4.38. The first-order valence-corrected chi connectivity index (χ1v) is 8.59. The van der Waals surface area contributed by atoms with Gasteiger partial charge in [0.2, 0.25) is 0 Å². The molecule has 2 amide bonds. The molecule has 0 saturated carbocycles. The van der Waals surface area contributed by atoms with E-state index >= 15 is 0 Å². The van der Waals surface area contributed by atoms with Gasteiger partial charge in [-0.1, -0.05) is 36.4 Å². The molecule has 27 heavy (non-hydrogen) atoms. The lowest BCUT2D eigenvalue weighted by atomic mass is 10.1. The fourth-order valence-corrected chi connectivity index (χ4v) is 2.65.